The molecular formula is C15H17Cl2N3O2. The van der Waals surface area contributed by atoms with Gasteiger partial charge in [0, 0.05) is 25.1 Å². The van der Waals surface area contributed by atoms with Crippen molar-refractivity contribution in [1.82, 2.24) is 15.0 Å². The molecule has 1 aliphatic heterocycles. The Bertz CT molecular complexity index is 627. The van der Waals surface area contributed by atoms with Gasteiger partial charge in [0.05, 0.1) is 23.3 Å². The van der Waals surface area contributed by atoms with Crippen LogP contribution in [0.15, 0.2) is 22.7 Å². The van der Waals surface area contributed by atoms with E-state index in [0.29, 0.717) is 21.8 Å². The number of benzene rings is 1. The van der Waals surface area contributed by atoms with Crippen molar-refractivity contribution in [3.8, 4) is 11.4 Å². The molecule has 0 radical (unpaired) electrons. The molecule has 1 aromatic carbocycles. The first-order chi connectivity index (χ1) is 10.7. The van der Waals surface area contributed by atoms with Crippen molar-refractivity contribution in [3.63, 3.8) is 0 Å². The standard InChI is InChI=1S/C15H17Cl2N3O2/c16-12-4-3-11(10-13(12)17)15-18-14(22-19-15)2-1-5-20-6-8-21-9-7-20/h3-4,10H,1-2,5-9H2. The number of halogens is 2. The van der Waals surface area contributed by atoms with Crippen molar-refractivity contribution < 1.29 is 9.26 Å². The summed E-state index contributed by atoms with van der Waals surface area (Å²) in [4.78, 5) is 6.80. The Morgan fingerprint density at radius 3 is 2.73 bits per heavy atom. The molecule has 7 heteroatoms. The smallest absolute Gasteiger partial charge is 0.227 e. The molecule has 3 rings (SSSR count). The zero-order chi connectivity index (χ0) is 15.4. The van der Waals surface area contributed by atoms with E-state index in [2.05, 4.69) is 15.0 Å². The van der Waals surface area contributed by atoms with E-state index in [1.54, 1.807) is 12.1 Å². The normalized spacial score (nSPS) is 16.1. The lowest BCUT2D eigenvalue weighted by Crippen LogP contribution is -2.36. The highest BCUT2D eigenvalue weighted by atomic mass is 35.5. The zero-order valence-corrected chi connectivity index (χ0v) is 13.6. The molecule has 1 fully saturated rings. The SMILES string of the molecule is Clc1ccc(-c2noc(CCCN3CCOCC3)n2)cc1Cl. The van der Waals surface area contributed by atoms with E-state index in [4.69, 9.17) is 32.5 Å². The van der Waals surface area contributed by atoms with E-state index in [0.717, 1.165) is 51.3 Å². The van der Waals surface area contributed by atoms with E-state index < -0.39 is 0 Å². The van der Waals surface area contributed by atoms with E-state index in [1.807, 2.05) is 6.07 Å². The second kappa shape index (κ2) is 7.42. The van der Waals surface area contributed by atoms with Crippen LogP contribution in [0.2, 0.25) is 10.0 Å². The van der Waals surface area contributed by atoms with Gasteiger partial charge in [-0.3, -0.25) is 4.90 Å². The van der Waals surface area contributed by atoms with Crippen molar-refractivity contribution >= 4 is 23.2 Å². The van der Waals surface area contributed by atoms with Crippen molar-refractivity contribution in [3.05, 3.63) is 34.1 Å². The maximum absolute atomic E-state index is 6.01. The third-order valence-electron chi connectivity index (χ3n) is 3.61. The first-order valence-electron chi connectivity index (χ1n) is 7.30. The average Bonchev–Trinajstić information content (AvgIpc) is 3.00. The van der Waals surface area contributed by atoms with E-state index in [1.165, 1.54) is 0 Å². The van der Waals surface area contributed by atoms with Gasteiger partial charge in [-0.05, 0) is 31.2 Å². The van der Waals surface area contributed by atoms with Crippen LogP contribution in [0.1, 0.15) is 12.3 Å². The Hall–Kier alpha value is -1.14. The minimum absolute atomic E-state index is 0.484. The van der Waals surface area contributed by atoms with Gasteiger partial charge in [0.25, 0.3) is 0 Å². The molecule has 0 spiro atoms. The monoisotopic (exact) mass is 341 g/mol. The van der Waals surface area contributed by atoms with Crippen LogP contribution in [-0.2, 0) is 11.2 Å². The third-order valence-corrected chi connectivity index (χ3v) is 4.35. The second-order valence-electron chi connectivity index (χ2n) is 5.20. The van der Waals surface area contributed by atoms with Crippen molar-refractivity contribution in [2.45, 2.75) is 12.8 Å². The minimum Gasteiger partial charge on any atom is -0.379 e. The van der Waals surface area contributed by atoms with Gasteiger partial charge in [-0.2, -0.15) is 4.98 Å². The molecule has 0 amide bonds. The van der Waals surface area contributed by atoms with Crippen LogP contribution in [0.5, 0.6) is 0 Å². The number of morpholine rings is 1. The Kier molecular flexibility index (Phi) is 5.31. The number of ether oxygens (including phenoxy) is 1. The number of aromatic nitrogens is 2. The van der Waals surface area contributed by atoms with Crippen LogP contribution in [0, 0.1) is 0 Å². The highest BCUT2D eigenvalue weighted by Gasteiger charge is 2.12. The minimum atomic E-state index is 0.484. The Morgan fingerprint density at radius 2 is 1.95 bits per heavy atom. The summed E-state index contributed by atoms with van der Waals surface area (Å²) < 4.78 is 10.6. The quantitative estimate of drug-likeness (QED) is 0.834. The first kappa shape index (κ1) is 15.7. The Morgan fingerprint density at radius 1 is 1.14 bits per heavy atom. The van der Waals surface area contributed by atoms with Gasteiger partial charge >= 0.3 is 0 Å². The van der Waals surface area contributed by atoms with E-state index in [-0.39, 0.29) is 0 Å². The predicted molar refractivity (Wildman–Crippen MR) is 85.3 cm³/mol. The number of hydrogen-bond donors (Lipinski definition) is 0. The van der Waals surface area contributed by atoms with Crippen molar-refractivity contribution in [1.29, 1.82) is 0 Å². The topological polar surface area (TPSA) is 51.4 Å². The predicted octanol–water partition coefficient (Wildman–Crippen LogP) is 3.31. The number of aryl methyl sites for hydroxylation is 1. The molecule has 2 aromatic rings. The summed E-state index contributed by atoms with van der Waals surface area (Å²) in [6.07, 6.45) is 1.76. The zero-order valence-electron chi connectivity index (χ0n) is 12.1. The molecule has 1 aliphatic rings. The van der Waals surface area contributed by atoms with Gasteiger partial charge in [-0.15, -0.1) is 0 Å². The van der Waals surface area contributed by atoms with Gasteiger partial charge in [0.15, 0.2) is 0 Å². The van der Waals surface area contributed by atoms with Gasteiger partial charge in [-0.25, -0.2) is 0 Å². The summed E-state index contributed by atoms with van der Waals surface area (Å²) in [5, 5.41) is 5.00. The molecule has 0 N–H and O–H groups in total. The maximum Gasteiger partial charge on any atom is 0.227 e. The molecule has 0 unspecified atom stereocenters. The van der Waals surface area contributed by atoms with Crippen LogP contribution in [-0.4, -0.2) is 47.9 Å². The molecule has 0 saturated carbocycles. The second-order valence-corrected chi connectivity index (χ2v) is 6.01. The lowest BCUT2D eigenvalue weighted by Gasteiger charge is -2.26. The van der Waals surface area contributed by atoms with Gasteiger partial charge < -0.3 is 9.26 Å². The van der Waals surface area contributed by atoms with Crippen molar-refractivity contribution in [2.75, 3.05) is 32.8 Å². The van der Waals surface area contributed by atoms with Crippen LogP contribution in [0.4, 0.5) is 0 Å². The summed E-state index contributed by atoms with van der Waals surface area (Å²) in [7, 11) is 0. The Labute approximate surface area is 139 Å². The molecule has 5 nitrogen and oxygen atoms in total. The fraction of sp³-hybridized carbons (Fsp3) is 0.467. The van der Waals surface area contributed by atoms with E-state index in [9.17, 15) is 0 Å². The first-order valence-corrected chi connectivity index (χ1v) is 8.06. The van der Waals surface area contributed by atoms with Crippen LogP contribution in [0.3, 0.4) is 0 Å². The molecule has 0 bridgehead atoms. The summed E-state index contributed by atoms with van der Waals surface area (Å²) >= 11 is 11.9. The number of nitrogens with zero attached hydrogens (tertiary/aromatic N) is 3. The molecule has 2 heterocycles. The summed E-state index contributed by atoms with van der Waals surface area (Å²) in [5.41, 5.74) is 0.803. The highest BCUT2D eigenvalue weighted by molar-refractivity contribution is 6.42. The fourth-order valence-electron chi connectivity index (χ4n) is 2.39. The van der Waals surface area contributed by atoms with Crippen LogP contribution >= 0.6 is 23.2 Å². The van der Waals surface area contributed by atoms with Gasteiger partial charge in [-0.1, -0.05) is 28.4 Å². The van der Waals surface area contributed by atoms with Crippen LogP contribution < -0.4 is 0 Å². The van der Waals surface area contributed by atoms with Crippen LogP contribution in [0.25, 0.3) is 11.4 Å². The summed E-state index contributed by atoms with van der Waals surface area (Å²) in [5.74, 6) is 1.19. The Balaban J connectivity index is 1.55. The third kappa shape index (κ3) is 3.98. The molecule has 118 valence electrons. The molecule has 1 saturated heterocycles. The van der Waals surface area contributed by atoms with E-state index >= 15 is 0 Å². The average molecular weight is 342 g/mol. The highest BCUT2D eigenvalue weighted by Crippen LogP contribution is 2.27. The molecule has 0 atom stereocenters. The molecule has 22 heavy (non-hydrogen) atoms. The number of rotatable bonds is 5. The van der Waals surface area contributed by atoms with Gasteiger partial charge in [0.1, 0.15) is 0 Å². The fourth-order valence-corrected chi connectivity index (χ4v) is 2.69. The molecule has 0 aliphatic carbocycles. The lowest BCUT2D eigenvalue weighted by molar-refractivity contribution is 0.0372. The number of hydrogen-bond acceptors (Lipinski definition) is 5. The molecule has 1 aromatic heterocycles. The summed E-state index contributed by atoms with van der Waals surface area (Å²) in [6.45, 7) is 4.66. The summed E-state index contributed by atoms with van der Waals surface area (Å²) in [6, 6.07) is 5.30. The van der Waals surface area contributed by atoms with Crippen molar-refractivity contribution in [2.24, 2.45) is 0 Å². The lowest BCUT2D eigenvalue weighted by atomic mass is 10.2. The largest absolute Gasteiger partial charge is 0.379 e. The molecular weight excluding hydrogens is 325 g/mol. The van der Waals surface area contributed by atoms with Gasteiger partial charge in [0.2, 0.25) is 11.7 Å². The maximum atomic E-state index is 6.01.